The van der Waals surface area contributed by atoms with E-state index in [0.29, 0.717) is 21.3 Å². The van der Waals surface area contributed by atoms with Gasteiger partial charge in [-0.3, -0.25) is 13.9 Å². The number of halogens is 2. The molecule has 1 atom stereocenters. The van der Waals surface area contributed by atoms with E-state index in [1.807, 2.05) is 13.0 Å². The lowest BCUT2D eigenvalue weighted by molar-refractivity contribution is -0.139. The maximum Gasteiger partial charge on any atom is 0.264 e. The van der Waals surface area contributed by atoms with Crippen molar-refractivity contribution in [2.75, 3.05) is 17.9 Å². The second-order valence-corrected chi connectivity index (χ2v) is 11.2. The van der Waals surface area contributed by atoms with Gasteiger partial charge >= 0.3 is 0 Å². The molecule has 0 fully saturated rings. The third kappa shape index (κ3) is 6.26. The summed E-state index contributed by atoms with van der Waals surface area (Å²) >= 11 is 12.7. The van der Waals surface area contributed by atoms with Crippen LogP contribution in [0.1, 0.15) is 23.6 Å². The van der Waals surface area contributed by atoms with Crippen LogP contribution in [0.2, 0.25) is 10.0 Å². The number of hydrogen-bond acceptors (Lipinski definition) is 4. The normalized spacial score (nSPS) is 12.1. The Labute approximate surface area is 228 Å². The standard InChI is InChI=1S/C27H29Cl2N3O4S/c1-18-10-8-15-25(19(18)2)32(37(35,36)21-11-6-5-7-12-21)17-26(33)31(20(3)27(34)30-4)16-22-23(28)13-9-14-24(22)29/h5-15,20H,16-17H2,1-4H3,(H,30,34). The second kappa shape index (κ2) is 12.0. The highest BCUT2D eigenvalue weighted by molar-refractivity contribution is 7.92. The highest BCUT2D eigenvalue weighted by atomic mass is 35.5. The van der Waals surface area contributed by atoms with E-state index in [4.69, 9.17) is 23.2 Å². The number of rotatable bonds is 9. The Kier molecular flexibility index (Phi) is 9.23. The van der Waals surface area contributed by atoms with Crippen LogP contribution >= 0.6 is 23.2 Å². The minimum absolute atomic E-state index is 0.0451. The van der Waals surface area contributed by atoms with Crippen LogP contribution in [0, 0.1) is 13.8 Å². The van der Waals surface area contributed by atoms with Gasteiger partial charge in [-0.25, -0.2) is 8.42 Å². The summed E-state index contributed by atoms with van der Waals surface area (Å²) in [5.74, 6) is -1.01. The van der Waals surface area contributed by atoms with E-state index in [2.05, 4.69) is 5.32 Å². The second-order valence-electron chi connectivity index (χ2n) is 8.56. The van der Waals surface area contributed by atoms with Crippen LogP contribution in [0.4, 0.5) is 5.69 Å². The van der Waals surface area contributed by atoms with Crippen molar-refractivity contribution in [1.29, 1.82) is 0 Å². The Morgan fingerprint density at radius 3 is 2.11 bits per heavy atom. The monoisotopic (exact) mass is 561 g/mol. The van der Waals surface area contributed by atoms with Crippen LogP contribution in [0.5, 0.6) is 0 Å². The van der Waals surface area contributed by atoms with E-state index < -0.39 is 34.4 Å². The summed E-state index contributed by atoms with van der Waals surface area (Å²) in [6.07, 6.45) is 0. The van der Waals surface area contributed by atoms with E-state index in [-0.39, 0.29) is 11.4 Å². The van der Waals surface area contributed by atoms with Gasteiger partial charge in [0.2, 0.25) is 11.8 Å². The molecule has 1 N–H and O–H groups in total. The smallest absolute Gasteiger partial charge is 0.264 e. The van der Waals surface area contributed by atoms with Gasteiger partial charge in [-0.05, 0) is 62.2 Å². The molecule has 1 unspecified atom stereocenters. The summed E-state index contributed by atoms with van der Waals surface area (Å²) in [7, 11) is -2.66. The number of aryl methyl sites for hydroxylation is 1. The number of nitrogens with one attached hydrogen (secondary N) is 1. The molecule has 3 aromatic carbocycles. The Morgan fingerprint density at radius 1 is 0.919 bits per heavy atom. The molecule has 196 valence electrons. The zero-order valence-corrected chi connectivity index (χ0v) is 23.4. The molecule has 37 heavy (non-hydrogen) atoms. The maximum atomic E-state index is 13.8. The third-order valence-electron chi connectivity index (χ3n) is 6.26. The first-order chi connectivity index (χ1) is 17.5. The van der Waals surface area contributed by atoms with Gasteiger partial charge in [-0.1, -0.05) is 59.6 Å². The molecule has 10 heteroatoms. The summed E-state index contributed by atoms with van der Waals surface area (Å²) in [6.45, 7) is 4.61. The molecule has 7 nitrogen and oxygen atoms in total. The van der Waals surface area contributed by atoms with Crippen molar-refractivity contribution in [3.63, 3.8) is 0 Å². The summed E-state index contributed by atoms with van der Waals surface area (Å²) in [5, 5.41) is 3.20. The molecule has 3 aromatic rings. The molecule has 0 spiro atoms. The molecule has 0 radical (unpaired) electrons. The van der Waals surface area contributed by atoms with Crippen LogP contribution in [0.15, 0.2) is 71.6 Å². The first kappa shape index (κ1) is 28.5. The molecule has 0 saturated heterocycles. The van der Waals surface area contributed by atoms with E-state index in [1.54, 1.807) is 62.4 Å². The number of nitrogens with zero attached hydrogens (tertiary/aromatic N) is 2. The minimum atomic E-state index is -4.13. The van der Waals surface area contributed by atoms with Crippen molar-refractivity contribution >= 4 is 50.7 Å². The molecule has 0 heterocycles. The van der Waals surface area contributed by atoms with Crippen LogP contribution in [0.25, 0.3) is 0 Å². The number of carbonyl (C=O) groups excluding carboxylic acids is 2. The number of sulfonamides is 1. The van der Waals surface area contributed by atoms with Gasteiger partial charge in [-0.2, -0.15) is 0 Å². The van der Waals surface area contributed by atoms with Gasteiger partial charge < -0.3 is 10.2 Å². The van der Waals surface area contributed by atoms with Crippen LogP contribution < -0.4 is 9.62 Å². The van der Waals surface area contributed by atoms with Gasteiger partial charge in [0, 0.05) is 29.2 Å². The Hall–Kier alpha value is -3.07. The van der Waals surface area contributed by atoms with Gasteiger partial charge in [0.05, 0.1) is 10.6 Å². The number of benzene rings is 3. The lowest BCUT2D eigenvalue weighted by Crippen LogP contribution is -2.50. The maximum absolute atomic E-state index is 13.8. The molecule has 0 bridgehead atoms. The van der Waals surface area contributed by atoms with Crippen molar-refractivity contribution < 1.29 is 18.0 Å². The number of anilines is 1. The summed E-state index contributed by atoms with van der Waals surface area (Å²) in [5.41, 5.74) is 2.42. The predicted octanol–water partition coefficient (Wildman–Crippen LogP) is 4.97. The lowest BCUT2D eigenvalue weighted by Gasteiger charge is -2.32. The fraction of sp³-hybridized carbons (Fsp3) is 0.259. The highest BCUT2D eigenvalue weighted by Crippen LogP contribution is 2.30. The van der Waals surface area contributed by atoms with Crippen LogP contribution in [0.3, 0.4) is 0 Å². The lowest BCUT2D eigenvalue weighted by atomic mass is 10.1. The summed E-state index contributed by atoms with van der Waals surface area (Å²) in [6, 6.07) is 17.2. The van der Waals surface area contributed by atoms with Crippen molar-refractivity contribution in [2.24, 2.45) is 0 Å². The topological polar surface area (TPSA) is 86.8 Å². The molecular weight excluding hydrogens is 533 g/mol. The van der Waals surface area contributed by atoms with Crippen molar-refractivity contribution in [3.8, 4) is 0 Å². The van der Waals surface area contributed by atoms with E-state index in [0.717, 1.165) is 15.4 Å². The average Bonchev–Trinajstić information content (AvgIpc) is 2.88. The number of amides is 2. The molecule has 0 aromatic heterocycles. The fourth-order valence-electron chi connectivity index (χ4n) is 3.88. The van der Waals surface area contributed by atoms with E-state index in [1.165, 1.54) is 24.1 Å². The minimum Gasteiger partial charge on any atom is -0.357 e. The Bertz CT molecular complexity index is 1380. The molecule has 3 rings (SSSR count). The quantitative estimate of drug-likeness (QED) is 0.399. The zero-order chi connectivity index (χ0) is 27.3. The largest absolute Gasteiger partial charge is 0.357 e. The highest BCUT2D eigenvalue weighted by Gasteiger charge is 2.33. The molecule has 0 aliphatic heterocycles. The Balaban J connectivity index is 2.10. The Morgan fingerprint density at radius 2 is 1.51 bits per heavy atom. The fourth-order valence-corrected chi connectivity index (χ4v) is 5.89. The van der Waals surface area contributed by atoms with Gasteiger partial charge in [0.25, 0.3) is 10.0 Å². The SMILES string of the molecule is CNC(=O)C(C)N(Cc1c(Cl)cccc1Cl)C(=O)CN(c1cccc(C)c1C)S(=O)(=O)c1ccccc1. The van der Waals surface area contributed by atoms with Gasteiger partial charge in [0.15, 0.2) is 0 Å². The van der Waals surface area contributed by atoms with Gasteiger partial charge in [-0.15, -0.1) is 0 Å². The van der Waals surface area contributed by atoms with Crippen molar-refractivity contribution in [3.05, 3.63) is 93.5 Å². The van der Waals surface area contributed by atoms with Crippen molar-refractivity contribution in [2.45, 2.75) is 38.3 Å². The van der Waals surface area contributed by atoms with Crippen LogP contribution in [-0.4, -0.2) is 44.8 Å². The van der Waals surface area contributed by atoms with Crippen LogP contribution in [-0.2, 0) is 26.2 Å². The summed E-state index contributed by atoms with van der Waals surface area (Å²) < 4.78 is 28.7. The molecule has 2 amide bonds. The zero-order valence-electron chi connectivity index (χ0n) is 21.0. The number of carbonyl (C=O) groups is 2. The van der Waals surface area contributed by atoms with Crippen molar-refractivity contribution in [1.82, 2.24) is 10.2 Å². The van der Waals surface area contributed by atoms with E-state index in [9.17, 15) is 18.0 Å². The number of likely N-dealkylation sites (N-methyl/N-ethyl adjacent to an activating group) is 1. The first-order valence-electron chi connectivity index (χ1n) is 11.6. The number of hydrogen-bond donors (Lipinski definition) is 1. The van der Waals surface area contributed by atoms with E-state index >= 15 is 0 Å². The molecule has 0 aliphatic rings. The molecule has 0 saturated carbocycles. The van der Waals surface area contributed by atoms with Gasteiger partial charge in [0.1, 0.15) is 12.6 Å². The average molecular weight is 563 g/mol. The first-order valence-corrected chi connectivity index (χ1v) is 13.8. The summed E-state index contributed by atoms with van der Waals surface area (Å²) in [4.78, 5) is 27.8. The predicted molar refractivity (Wildman–Crippen MR) is 147 cm³/mol. The molecular formula is C27H29Cl2N3O4S. The molecule has 0 aliphatic carbocycles. The third-order valence-corrected chi connectivity index (χ3v) is 8.74.